The Morgan fingerprint density at radius 3 is 1.79 bits per heavy atom. The summed E-state index contributed by atoms with van der Waals surface area (Å²) in [6.07, 6.45) is 10.2. The van der Waals surface area contributed by atoms with Crippen molar-refractivity contribution < 1.29 is 0 Å². The van der Waals surface area contributed by atoms with E-state index in [0.717, 1.165) is 32.1 Å². The predicted octanol–water partition coefficient (Wildman–Crippen LogP) is 5.28. The molecule has 0 aliphatic carbocycles. The molecule has 0 aromatic rings. The van der Waals surface area contributed by atoms with Gasteiger partial charge in [0.15, 0.2) is 0 Å². The fourth-order valence-electron chi connectivity index (χ4n) is 2.67. The van der Waals surface area contributed by atoms with Crippen LogP contribution in [0.5, 0.6) is 0 Å². The second-order valence-corrected chi connectivity index (χ2v) is 6.73. The van der Waals surface area contributed by atoms with Gasteiger partial charge in [-0.2, -0.15) is 0 Å². The van der Waals surface area contributed by atoms with E-state index in [-0.39, 0.29) is 5.54 Å². The van der Waals surface area contributed by atoms with Gasteiger partial charge in [-0.25, -0.2) is 0 Å². The molecule has 0 spiro atoms. The van der Waals surface area contributed by atoms with E-state index in [4.69, 9.17) is 5.73 Å². The summed E-state index contributed by atoms with van der Waals surface area (Å²) in [5, 5.41) is 0. The summed E-state index contributed by atoms with van der Waals surface area (Å²) in [5.74, 6) is 6.65. The maximum absolute atomic E-state index is 6.36. The molecule has 1 nitrogen and oxygen atoms in total. The average molecular weight is 265 g/mol. The van der Waals surface area contributed by atoms with Crippen LogP contribution in [0.25, 0.3) is 0 Å². The van der Waals surface area contributed by atoms with Gasteiger partial charge in [-0.3, -0.25) is 0 Å². The molecular weight excluding hydrogens is 230 g/mol. The first kappa shape index (κ1) is 18.5. The van der Waals surface area contributed by atoms with Gasteiger partial charge in [-0.05, 0) is 37.5 Å². The molecule has 1 heteroatoms. The Hall–Kier alpha value is -0.480. The lowest BCUT2D eigenvalue weighted by molar-refractivity contribution is 0.308. The Kier molecular flexibility index (Phi) is 9.19. The fraction of sp³-hybridized carbons (Fsp3) is 0.889. The van der Waals surface area contributed by atoms with Crippen molar-refractivity contribution >= 4 is 0 Å². The van der Waals surface area contributed by atoms with Gasteiger partial charge in [-0.1, -0.05) is 47.5 Å². The van der Waals surface area contributed by atoms with Crippen LogP contribution in [0.15, 0.2) is 0 Å². The monoisotopic (exact) mass is 265 g/mol. The smallest absolute Gasteiger partial charge is 0.0160 e. The number of rotatable bonds is 9. The van der Waals surface area contributed by atoms with Crippen molar-refractivity contribution in [1.29, 1.82) is 0 Å². The van der Waals surface area contributed by atoms with Crippen LogP contribution >= 0.6 is 0 Å². The lowest BCUT2D eigenvalue weighted by atomic mass is 9.83. The molecular formula is C18H35N. The first-order valence-corrected chi connectivity index (χ1v) is 8.13. The molecule has 1 atom stereocenters. The number of hydrogen-bond acceptors (Lipinski definition) is 1. The molecule has 0 aromatic carbocycles. The summed E-state index contributed by atoms with van der Waals surface area (Å²) in [6.45, 7) is 11.4. The fourth-order valence-corrected chi connectivity index (χ4v) is 2.67. The third kappa shape index (κ3) is 9.11. The molecule has 0 heterocycles. The first-order valence-electron chi connectivity index (χ1n) is 8.13. The topological polar surface area (TPSA) is 26.0 Å². The summed E-state index contributed by atoms with van der Waals surface area (Å²) in [7, 11) is 0. The highest BCUT2D eigenvalue weighted by Gasteiger charge is 2.20. The molecule has 0 aliphatic rings. The second-order valence-electron chi connectivity index (χ2n) is 6.73. The van der Waals surface area contributed by atoms with E-state index in [9.17, 15) is 0 Å². The zero-order valence-corrected chi connectivity index (χ0v) is 13.9. The highest BCUT2D eigenvalue weighted by molar-refractivity contribution is 5.01. The maximum Gasteiger partial charge on any atom is 0.0160 e. The van der Waals surface area contributed by atoms with Crippen LogP contribution in [0.1, 0.15) is 92.4 Å². The van der Waals surface area contributed by atoms with Crippen LogP contribution in [0.4, 0.5) is 0 Å². The SMILES string of the molecule is CCCC(C)(C)CCC#CCCC(N)(CC)CCC. The zero-order chi connectivity index (χ0) is 14.8. The molecule has 0 fully saturated rings. The van der Waals surface area contributed by atoms with E-state index < -0.39 is 0 Å². The molecule has 0 aliphatic heterocycles. The largest absolute Gasteiger partial charge is 0.325 e. The van der Waals surface area contributed by atoms with Gasteiger partial charge in [-0.15, -0.1) is 11.8 Å². The van der Waals surface area contributed by atoms with Gasteiger partial charge in [0.25, 0.3) is 0 Å². The van der Waals surface area contributed by atoms with Crippen LogP contribution in [0.2, 0.25) is 0 Å². The molecule has 0 amide bonds. The van der Waals surface area contributed by atoms with Crippen LogP contribution in [0, 0.1) is 17.3 Å². The second kappa shape index (κ2) is 9.43. The van der Waals surface area contributed by atoms with Gasteiger partial charge in [0.1, 0.15) is 0 Å². The number of hydrogen-bond donors (Lipinski definition) is 1. The highest BCUT2D eigenvalue weighted by Crippen LogP contribution is 2.27. The van der Waals surface area contributed by atoms with Crippen molar-refractivity contribution in [2.75, 3.05) is 0 Å². The third-order valence-corrected chi connectivity index (χ3v) is 4.18. The van der Waals surface area contributed by atoms with Crippen LogP contribution in [-0.4, -0.2) is 5.54 Å². The summed E-state index contributed by atoms with van der Waals surface area (Å²) in [4.78, 5) is 0. The number of nitrogens with two attached hydrogens (primary N) is 1. The van der Waals surface area contributed by atoms with Crippen LogP contribution in [0.3, 0.4) is 0 Å². The van der Waals surface area contributed by atoms with Crippen molar-refractivity contribution in [2.45, 2.75) is 97.9 Å². The Morgan fingerprint density at radius 1 is 0.789 bits per heavy atom. The highest BCUT2D eigenvalue weighted by atomic mass is 14.7. The lowest BCUT2D eigenvalue weighted by Gasteiger charge is -2.26. The lowest BCUT2D eigenvalue weighted by Crippen LogP contribution is -2.38. The molecule has 0 saturated heterocycles. The molecule has 112 valence electrons. The van der Waals surface area contributed by atoms with Gasteiger partial charge in [0, 0.05) is 18.4 Å². The van der Waals surface area contributed by atoms with Gasteiger partial charge >= 0.3 is 0 Å². The van der Waals surface area contributed by atoms with Crippen molar-refractivity contribution in [2.24, 2.45) is 11.1 Å². The van der Waals surface area contributed by atoms with E-state index in [1.54, 1.807) is 0 Å². The Bertz CT molecular complexity index is 282. The minimum absolute atomic E-state index is 0.0188. The van der Waals surface area contributed by atoms with Crippen LogP contribution < -0.4 is 5.73 Å². The molecule has 0 aromatic heterocycles. The summed E-state index contributed by atoms with van der Waals surface area (Å²) in [5.41, 5.74) is 6.83. The molecule has 0 rings (SSSR count). The third-order valence-electron chi connectivity index (χ3n) is 4.18. The minimum atomic E-state index is 0.0188. The molecule has 19 heavy (non-hydrogen) atoms. The standard InChI is InChI=1S/C18H35N/c1-6-13-17(4,5)15-11-9-10-12-16-18(19,8-3)14-7-2/h6-8,11-16,19H2,1-5H3. The molecule has 2 N–H and O–H groups in total. The van der Waals surface area contributed by atoms with E-state index in [2.05, 4.69) is 46.5 Å². The van der Waals surface area contributed by atoms with Crippen molar-refractivity contribution in [3.05, 3.63) is 0 Å². The summed E-state index contributed by atoms with van der Waals surface area (Å²) < 4.78 is 0. The van der Waals surface area contributed by atoms with E-state index in [1.165, 1.54) is 25.7 Å². The predicted molar refractivity (Wildman–Crippen MR) is 87.1 cm³/mol. The Labute approximate surface area is 121 Å². The molecule has 1 unspecified atom stereocenters. The average Bonchev–Trinajstić information content (AvgIpc) is 2.34. The van der Waals surface area contributed by atoms with Crippen molar-refractivity contribution in [1.82, 2.24) is 0 Å². The quantitative estimate of drug-likeness (QED) is 0.564. The zero-order valence-electron chi connectivity index (χ0n) is 13.9. The Morgan fingerprint density at radius 2 is 1.32 bits per heavy atom. The first-order chi connectivity index (χ1) is 8.89. The van der Waals surface area contributed by atoms with E-state index in [1.807, 2.05) is 0 Å². The van der Waals surface area contributed by atoms with Gasteiger partial charge < -0.3 is 5.73 Å². The van der Waals surface area contributed by atoms with E-state index in [0.29, 0.717) is 5.41 Å². The van der Waals surface area contributed by atoms with E-state index >= 15 is 0 Å². The van der Waals surface area contributed by atoms with Gasteiger partial charge in [0.05, 0.1) is 0 Å². The summed E-state index contributed by atoms with van der Waals surface area (Å²) in [6, 6.07) is 0. The van der Waals surface area contributed by atoms with Crippen molar-refractivity contribution in [3.63, 3.8) is 0 Å². The molecule has 0 saturated carbocycles. The molecule has 0 bridgehead atoms. The van der Waals surface area contributed by atoms with Crippen molar-refractivity contribution in [3.8, 4) is 11.8 Å². The Balaban J connectivity index is 3.93. The maximum atomic E-state index is 6.36. The molecule has 0 radical (unpaired) electrons. The minimum Gasteiger partial charge on any atom is -0.325 e. The normalized spacial score (nSPS) is 14.6. The summed E-state index contributed by atoms with van der Waals surface area (Å²) >= 11 is 0. The van der Waals surface area contributed by atoms with Gasteiger partial charge in [0.2, 0.25) is 0 Å². The van der Waals surface area contributed by atoms with Crippen LogP contribution in [-0.2, 0) is 0 Å².